The van der Waals surface area contributed by atoms with Crippen molar-refractivity contribution in [2.75, 3.05) is 0 Å². The largest absolute Gasteiger partial charge is 0.313 e. The third-order valence-electron chi connectivity index (χ3n) is 2.25. The molecule has 62 valence electrons. The van der Waals surface area contributed by atoms with Gasteiger partial charge < -0.3 is 11.5 Å². The topological polar surface area (TPSA) is 52.0 Å². The van der Waals surface area contributed by atoms with Gasteiger partial charge in [0.05, 0.1) is 5.66 Å². The van der Waals surface area contributed by atoms with Gasteiger partial charge in [-0.25, -0.2) is 0 Å². The van der Waals surface area contributed by atoms with Crippen LogP contribution >= 0.6 is 0 Å². The minimum Gasteiger partial charge on any atom is -0.313 e. The van der Waals surface area contributed by atoms with Crippen molar-refractivity contribution in [3.05, 3.63) is 0 Å². The van der Waals surface area contributed by atoms with Crippen LogP contribution in [-0.4, -0.2) is 5.66 Å². The van der Waals surface area contributed by atoms with Gasteiger partial charge in [0.15, 0.2) is 0 Å². The highest BCUT2D eigenvalue weighted by atomic mass is 15.0. The van der Waals surface area contributed by atoms with Gasteiger partial charge in [-0.05, 0) is 18.8 Å². The summed E-state index contributed by atoms with van der Waals surface area (Å²) in [5.74, 6) is 0.433. The van der Waals surface area contributed by atoms with Crippen LogP contribution in [0.25, 0.3) is 0 Å². The van der Waals surface area contributed by atoms with E-state index in [1.54, 1.807) is 0 Å². The fourth-order valence-corrected chi connectivity index (χ4v) is 1.05. The summed E-state index contributed by atoms with van der Waals surface area (Å²) >= 11 is 0. The predicted molar refractivity (Wildman–Crippen MR) is 45.5 cm³/mol. The van der Waals surface area contributed by atoms with E-state index in [9.17, 15) is 0 Å². The maximum Gasteiger partial charge on any atom is 0.0660 e. The molecule has 0 amide bonds. The lowest BCUT2D eigenvalue weighted by Crippen LogP contribution is -2.54. The molecule has 0 aromatic carbocycles. The fourth-order valence-electron chi connectivity index (χ4n) is 1.05. The van der Waals surface area contributed by atoms with Crippen LogP contribution in [0.1, 0.15) is 40.0 Å². The second-order valence-corrected chi connectivity index (χ2v) is 3.16. The number of hydrogen-bond donors (Lipinski definition) is 2. The first-order valence-electron chi connectivity index (χ1n) is 4.12. The van der Waals surface area contributed by atoms with Crippen molar-refractivity contribution < 1.29 is 0 Å². The Balaban J connectivity index is 3.78. The molecule has 0 aliphatic carbocycles. The second kappa shape index (κ2) is 3.94. The van der Waals surface area contributed by atoms with E-state index in [-0.39, 0.29) is 0 Å². The quantitative estimate of drug-likeness (QED) is 0.587. The van der Waals surface area contributed by atoms with E-state index in [1.807, 2.05) is 6.92 Å². The first kappa shape index (κ1) is 9.92. The van der Waals surface area contributed by atoms with Crippen LogP contribution in [0.15, 0.2) is 0 Å². The lowest BCUT2D eigenvalue weighted by Gasteiger charge is -2.29. The molecular weight excluding hydrogens is 124 g/mol. The molecule has 0 spiro atoms. The second-order valence-electron chi connectivity index (χ2n) is 3.16. The minimum absolute atomic E-state index is 0.433. The van der Waals surface area contributed by atoms with E-state index in [4.69, 9.17) is 11.5 Å². The van der Waals surface area contributed by atoms with Gasteiger partial charge in [0, 0.05) is 0 Å². The summed E-state index contributed by atoms with van der Waals surface area (Å²) in [5, 5.41) is 0. The lowest BCUT2D eigenvalue weighted by molar-refractivity contribution is 0.272. The van der Waals surface area contributed by atoms with Crippen molar-refractivity contribution in [3.8, 4) is 0 Å². The summed E-state index contributed by atoms with van der Waals surface area (Å²) in [6.07, 6.45) is 3.15. The zero-order valence-electron chi connectivity index (χ0n) is 7.35. The summed E-state index contributed by atoms with van der Waals surface area (Å²) in [4.78, 5) is 0. The SMILES string of the molecule is CCCC(C)C(N)(N)CC. The average Bonchev–Trinajstić information content (AvgIpc) is 1.89. The Bertz CT molecular complexity index is 89.3. The van der Waals surface area contributed by atoms with Crippen molar-refractivity contribution >= 4 is 0 Å². The number of rotatable bonds is 4. The van der Waals surface area contributed by atoms with Crippen LogP contribution in [0.4, 0.5) is 0 Å². The molecule has 1 unspecified atom stereocenters. The smallest absolute Gasteiger partial charge is 0.0660 e. The average molecular weight is 144 g/mol. The lowest BCUT2D eigenvalue weighted by atomic mass is 9.90. The van der Waals surface area contributed by atoms with Crippen molar-refractivity contribution in [1.29, 1.82) is 0 Å². The van der Waals surface area contributed by atoms with E-state index >= 15 is 0 Å². The fraction of sp³-hybridized carbons (Fsp3) is 1.00. The molecular formula is C8H20N2. The van der Waals surface area contributed by atoms with Gasteiger partial charge >= 0.3 is 0 Å². The number of hydrogen-bond acceptors (Lipinski definition) is 2. The van der Waals surface area contributed by atoms with Gasteiger partial charge in [0.25, 0.3) is 0 Å². The highest BCUT2D eigenvalue weighted by Gasteiger charge is 2.23. The monoisotopic (exact) mass is 144 g/mol. The van der Waals surface area contributed by atoms with Crippen molar-refractivity contribution in [2.45, 2.75) is 45.7 Å². The molecule has 10 heavy (non-hydrogen) atoms. The maximum absolute atomic E-state index is 5.82. The molecule has 0 saturated heterocycles. The third-order valence-corrected chi connectivity index (χ3v) is 2.25. The Hall–Kier alpha value is -0.0800. The molecule has 4 N–H and O–H groups in total. The Morgan fingerprint density at radius 2 is 1.80 bits per heavy atom. The standard InChI is InChI=1S/C8H20N2/c1-4-6-7(3)8(9,10)5-2/h7H,4-6,9-10H2,1-3H3. The summed E-state index contributed by atoms with van der Waals surface area (Å²) < 4.78 is 0. The molecule has 0 radical (unpaired) electrons. The van der Waals surface area contributed by atoms with Crippen molar-refractivity contribution in [1.82, 2.24) is 0 Å². The van der Waals surface area contributed by atoms with Gasteiger partial charge in [-0.2, -0.15) is 0 Å². The van der Waals surface area contributed by atoms with Gasteiger partial charge in [0.1, 0.15) is 0 Å². The maximum atomic E-state index is 5.82. The molecule has 0 aliphatic heterocycles. The Kier molecular flexibility index (Phi) is 3.91. The Morgan fingerprint density at radius 3 is 2.10 bits per heavy atom. The molecule has 1 atom stereocenters. The minimum atomic E-state index is -0.448. The van der Waals surface area contributed by atoms with Gasteiger partial charge in [-0.3, -0.25) is 0 Å². The molecule has 2 nitrogen and oxygen atoms in total. The van der Waals surface area contributed by atoms with E-state index in [0.717, 1.165) is 19.3 Å². The zero-order valence-corrected chi connectivity index (χ0v) is 7.35. The van der Waals surface area contributed by atoms with Crippen LogP contribution in [0, 0.1) is 5.92 Å². The summed E-state index contributed by atoms with van der Waals surface area (Å²) in [6, 6.07) is 0. The highest BCUT2D eigenvalue weighted by molar-refractivity contribution is 4.80. The highest BCUT2D eigenvalue weighted by Crippen LogP contribution is 2.16. The molecule has 0 aromatic rings. The molecule has 2 heteroatoms. The van der Waals surface area contributed by atoms with Gasteiger partial charge in [-0.15, -0.1) is 0 Å². The van der Waals surface area contributed by atoms with E-state index in [1.165, 1.54) is 0 Å². The molecule has 0 rings (SSSR count). The van der Waals surface area contributed by atoms with E-state index in [0.29, 0.717) is 5.92 Å². The molecule has 0 bridgehead atoms. The van der Waals surface area contributed by atoms with Crippen molar-refractivity contribution in [3.63, 3.8) is 0 Å². The van der Waals surface area contributed by atoms with Crippen molar-refractivity contribution in [2.24, 2.45) is 17.4 Å². The third kappa shape index (κ3) is 2.67. The van der Waals surface area contributed by atoms with Crippen LogP contribution in [0.3, 0.4) is 0 Å². The predicted octanol–water partition coefficient (Wildman–Crippen LogP) is 1.45. The normalized spacial score (nSPS) is 15.3. The van der Waals surface area contributed by atoms with Crippen LogP contribution in [0.2, 0.25) is 0 Å². The first-order valence-corrected chi connectivity index (χ1v) is 4.12. The summed E-state index contributed by atoms with van der Waals surface area (Å²) in [5.41, 5.74) is 11.2. The summed E-state index contributed by atoms with van der Waals surface area (Å²) in [6.45, 7) is 6.31. The molecule has 0 fully saturated rings. The van der Waals surface area contributed by atoms with Crippen LogP contribution in [0.5, 0.6) is 0 Å². The Morgan fingerprint density at radius 1 is 1.30 bits per heavy atom. The Labute approximate surface area is 64.0 Å². The van der Waals surface area contributed by atoms with Crippen LogP contribution < -0.4 is 11.5 Å². The van der Waals surface area contributed by atoms with E-state index < -0.39 is 5.66 Å². The number of nitrogens with two attached hydrogens (primary N) is 2. The van der Waals surface area contributed by atoms with Crippen LogP contribution in [-0.2, 0) is 0 Å². The van der Waals surface area contributed by atoms with Gasteiger partial charge in [0.2, 0.25) is 0 Å². The molecule has 0 aromatic heterocycles. The summed E-state index contributed by atoms with van der Waals surface area (Å²) in [7, 11) is 0. The van der Waals surface area contributed by atoms with Gasteiger partial charge in [-0.1, -0.05) is 27.2 Å². The molecule has 0 aliphatic rings. The molecule has 0 heterocycles. The first-order chi connectivity index (χ1) is 4.54. The van der Waals surface area contributed by atoms with E-state index in [2.05, 4.69) is 13.8 Å². The zero-order chi connectivity index (χ0) is 8.20. The molecule has 0 saturated carbocycles.